The minimum atomic E-state index is -0.763. The van der Waals surface area contributed by atoms with Crippen molar-refractivity contribution in [3.8, 4) is 0 Å². The molecule has 0 unspecified atom stereocenters. The van der Waals surface area contributed by atoms with E-state index in [1.54, 1.807) is 24.3 Å². The number of carbonyl (C=O) groups is 1. The van der Waals surface area contributed by atoms with E-state index in [-0.39, 0.29) is 11.2 Å². The second-order valence-corrected chi connectivity index (χ2v) is 4.08. The largest absolute Gasteiger partial charge is 0.317 e. The molecule has 3 aromatic rings. The van der Waals surface area contributed by atoms with Crippen molar-refractivity contribution in [2.24, 2.45) is 5.84 Å². The molecule has 0 aliphatic carbocycles. The van der Waals surface area contributed by atoms with Gasteiger partial charge in [-0.25, -0.2) is 10.8 Å². The molecule has 2 aromatic heterocycles. The molecule has 1 aromatic carbocycles. The number of carbonyl (C=O) groups excluding carboxylic acids is 1. The third kappa shape index (κ3) is 1.59. The number of fused-ring (bicyclic) bond motifs is 3. The molecule has 2 heterocycles. The maximum atomic E-state index is 12.3. The van der Waals surface area contributed by atoms with E-state index >= 15 is 0 Å². The first-order valence-electron chi connectivity index (χ1n) is 5.67. The van der Waals surface area contributed by atoms with Gasteiger partial charge in [-0.05, 0) is 12.1 Å². The molecule has 0 aliphatic rings. The highest BCUT2D eigenvalue weighted by atomic mass is 16.2. The van der Waals surface area contributed by atoms with Crippen LogP contribution in [-0.2, 0) is 0 Å². The lowest BCUT2D eigenvalue weighted by molar-refractivity contribution is 0.0951. The van der Waals surface area contributed by atoms with Gasteiger partial charge in [0.2, 0.25) is 5.65 Å². The van der Waals surface area contributed by atoms with Crippen LogP contribution in [0, 0.1) is 0 Å². The van der Waals surface area contributed by atoms with Crippen molar-refractivity contribution in [3.63, 3.8) is 0 Å². The highest BCUT2D eigenvalue weighted by Gasteiger charge is 2.15. The third-order valence-electron chi connectivity index (χ3n) is 2.93. The number of nitrogens with zero attached hydrogens (tertiary/aromatic N) is 2. The zero-order chi connectivity index (χ0) is 14.3. The Morgan fingerprint density at radius 1 is 1.30 bits per heavy atom. The number of hydrogen-bond donors (Lipinski definition) is 3. The molecule has 0 aliphatic heterocycles. The zero-order valence-electron chi connectivity index (χ0n) is 10.1. The molecular weight excluding hydrogens is 262 g/mol. The fourth-order valence-corrected chi connectivity index (χ4v) is 2.02. The molecule has 3 rings (SSSR count). The van der Waals surface area contributed by atoms with Gasteiger partial charge in [0.05, 0.1) is 11.0 Å². The van der Waals surface area contributed by atoms with Gasteiger partial charge in [-0.3, -0.25) is 24.2 Å². The van der Waals surface area contributed by atoms with Crippen molar-refractivity contribution in [2.75, 3.05) is 0 Å². The number of hydrogen-bond acceptors (Lipinski definition) is 5. The number of nitrogen functional groups attached to an aromatic ring is 1. The molecule has 0 spiro atoms. The smallest absolute Gasteiger partial charge is 0.292 e. The fraction of sp³-hybridized carbons (Fsp3) is 0. The van der Waals surface area contributed by atoms with Gasteiger partial charge in [0.25, 0.3) is 17.0 Å². The average Bonchev–Trinajstić information content (AvgIpc) is 2.47. The van der Waals surface area contributed by atoms with E-state index in [9.17, 15) is 14.4 Å². The van der Waals surface area contributed by atoms with E-state index in [0.717, 1.165) is 10.6 Å². The van der Waals surface area contributed by atoms with Gasteiger partial charge < -0.3 is 4.98 Å². The number of H-pyrrole nitrogens is 1. The van der Waals surface area contributed by atoms with E-state index < -0.39 is 17.0 Å². The standard InChI is InChI=1S/C12H9N5O3/c13-16-10(18)6-5-14-9-11(19)15-7-3-1-2-4-8(7)17(9)12(6)20/h1-5H,13H2,(H,15,19)(H,16,18). The summed E-state index contributed by atoms with van der Waals surface area (Å²) < 4.78 is 1.10. The summed E-state index contributed by atoms with van der Waals surface area (Å²) in [5, 5.41) is 0. The minimum absolute atomic E-state index is 0.0812. The van der Waals surface area contributed by atoms with Crippen molar-refractivity contribution in [2.45, 2.75) is 0 Å². The van der Waals surface area contributed by atoms with Crippen LogP contribution in [0.2, 0.25) is 0 Å². The Bertz CT molecular complexity index is 957. The second-order valence-electron chi connectivity index (χ2n) is 4.08. The number of benzene rings is 1. The lowest BCUT2D eigenvalue weighted by atomic mass is 10.2. The van der Waals surface area contributed by atoms with Crippen molar-refractivity contribution in [1.82, 2.24) is 19.8 Å². The molecule has 20 heavy (non-hydrogen) atoms. The van der Waals surface area contributed by atoms with Crippen LogP contribution in [0.4, 0.5) is 0 Å². The van der Waals surface area contributed by atoms with Gasteiger partial charge in [-0.1, -0.05) is 12.1 Å². The third-order valence-corrected chi connectivity index (χ3v) is 2.93. The number of nitrogens with two attached hydrogens (primary N) is 1. The summed E-state index contributed by atoms with van der Waals surface area (Å²) in [6, 6.07) is 6.73. The molecular formula is C12H9N5O3. The van der Waals surface area contributed by atoms with Gasteiger partial charge in [0, 0.05) is 6.20 Å². The summed E-state index contributed by atoms with van der Waals surface area (Å²) in [4.78, 5) is 42.2. The first-order valence-corrected chi connectivity index (χ1v) is 5.67. The van der Waals surface area contributed by atoms with Crippen molar-refractivity contribution < 1.29 is 4.79 Å². The lowest BCUT2D eigenvalue weighted by Gasteiger charge is -2.06. The number of para-hydroxylation sites is 2. The monoisotopic (exact) mass is 271 g/mol. The predicted molar refractivity (Wildman–Crippen MR) is 71.2 cm³/mol. The molecule has 0 bridgehead atoms. The van der Waals surface area contributed by atoms with Gasteiger partial charge in [0.1, 0.15) is 5.56 Å². The van der Waals surface area contributed by atoms with E-state index in [1.807, 2.05) is 5.43 Å². The fourth-order valence-electron chi connectivity index (χ4n) is 2.02. The van der Waals surface area contributed by atoms with Gasteiger partial charge in [0.15, 0.2) is 0 Å². The Hall–Kier alpha value is -3.00. The topological polar surface area (TPSA) is 122 Å². The molecule has 0 radical (unpaired) electrons. The number of hydrazine groups is 1. The zero-order valence-corrected chi connectivity index (χ0v) is 10.1. The van der Waals surface area contributed by atoms with Crippen LogP contribution < -0.4 is 22.4 Å². The highest BCUT2D eigenvalue weighted by Crippen LogP contribution is 2.08. The Balaban J connectivity index is 2.59. The number of aromatic amines is 1. The van der Waals surface area contributed by atoms with E-state index in [2.05, 4.69) is 9.97 Å². The first-order chi connectivity index (χ1) is 9.63. The Labute approximate surface area is 110 Å². The summed E-state index contributed by atoms with van der Waals surface area (Å²) >= 11 is 0. The first kappa shape index (κ1) is 12.1. The quantitative estimate of drug-likeness (QED) is 0.230. The van der Waals surface area contributed by atoms with Crippen LogP contribution >= 0.6 is 0 Å². The van der Waals surface area contributed by atoms with Gasteiger partial charge >= 0.3 is 0 Å². The van der Waals surface area contributed by atoms with Crippen LogP contribution in [-0.4, -0.2) is 20.3 Å². The maximum Gasteiger partial charge on any atom is 0.292 e. The highest BCUT2D eigenvalue weighted by molar-refractivity contribution is 5.93. The van der Waals surface area contributed by atoms with E-state index in [4.69, 9.17) is 5.84 Å². The number of aromatic nitrogens is 3. The SMILES string of the molecule is NNC(=O)c1cnc2c(=O)[nH]c3ccccc3n2c1=O. The molecule has 0 saturated carbocycles. The van der Waals surface area contributed by atoms with Gasteiger partial charge in [-0.2, -0.15) is 0 Å². The number of rotatable bonds is 1. The maximum absolute atomic E-state index is 12.3. The molecule has 0 saturated heterocycles. The van der Waals surface area contributed by atoms with E-state index in [1.165, 1.54) is 0 Å². The molecule has 100 valence electrons. The van der Waals surface area contributed by atoms with Crippen molar-refractivity contribution in [3.05, 3.63) is 56.7 Å². The van der Waals surface area contributed by atoms with Crippen LogP contribution in [0.5, 0.6) is 0 Å². The van der Waals surface area contributed by atoms with Crippen LogP contribution in [0.15, 0.2) is 40.1 Å². The molecule has 4 N–H and O–H groups in total. The van der Waals surface area contributed by atoms with Crippen LogP contribution in [0.1, 0.15) is 10.4 Å². The normalized spacial score (nSPS) is 10.8. The number of nitrogens with one attached hydrogen (secondary N) is 2. The van der Waals surface area contributed by atoms with Crippen LogP contribution in [0.3, 0.4) is 0 Å². The second kappa shape index (κ2) is 4.28. The Morgan fingerprint density at radius 3 is 2.80 bits per heavy atom. The Kier molecular flexibility index (Phi) is 2.58. The molecule has 8 heteroatoms. The van der Waals surface area contributed by atoms with Crippen molar-refractivity contribution in [1.29, 1.82) is 0 Å². The summed E-state index contributed by atoms with van der Waals surface area (Å²) in [5.41, 5.74) is 1.31. The molecule has 0 fully saturated rings. The molecule has 8 nitrogen and oxygen atoms in total. The molecule has 0 atom stereocenters. The summed E-state index contributed by atoms with van der Waals surface area (Å²) in [5.74, 6) is 4.25. The van der Waals surface area contributed by atoms with Crippen molar-refractivity contribution >= 4 is 22.6 Å². The van der Waals surface area contributed by atoms with E-state index in [0.29, 0.717) is 11.0 Å². The van der Waals surface area contributed by atoms with Gasteiger partial charge in [-0.15, -0.1) is 0 Å². The summed E-state index contributed by atoms with van der Waals surface area (Å²) in [6.45, 7) is 0. The summed E-state index contributed by atoms with van der Waals surface area (Å²) in [6.07, 6.45) is 1.03. The summed E-state index contributed by atoms with van der Waals surface area (Å²) in [7, 11) is 0. The minimum Gasteiger partial charge on any atom is -0.317 e. The average molecular weight is 271 g/mol. The Morgan fingerprint density at radius 2 is 2.05 bits per heavy atom. The molecule has 1 amide bonds. The number of amides is 1. The van der Waals surface area contributed by atoms with Crippen LogP contribution in [0.25, 0.3) is 16.7 Å². The lowest BCUT2D eigenvalue weighted by Crippen LogP contribution is -2.36. The predicted octanol–water partition coefficient (Wildman–Crippen LogP) is -0.861.